The topological polar surface area (TPSA) is 59.0 Å². The first kappa shape index (κ1) is 28.0. The van der Waals surface area contributed by atoms with Crippen molar-refractivity contribution >= 4 is 16.7 Å². The number of benzene rings is 2. The van der Waals surface area contributed by atoms with Crippen LogP contribution in [-0.4, -0.2) is 53.6 Å². The molecular formula is C28H31F6NO4. The van der Waals surface area contributed by atoms with Crippen LogP contribution in [0.3, 0.4) is 0 Å². The van der Waals surface area contributed by atoms with E-state index in [4.69, 9.17) is 9.47 Å². The summed E-state index contributed by atoms with van der Waals surface area (Å²) < 4.78 is 93.1. The quantitative estimate of drug-likeness (QED) is 0.408. The average molecular weight is 560 g/mol. The molecule has 1 aliphatic heterocycles. The highest BCUT2D eigenvalue weighted by molar-refractivity contribution is 5.89. The molecule has 2 unspecified atom stereocenters. The van der Waals surface area contributed by atoms with Crippen LogP contribution in [0.25, 0.3) is 10.8 Å². The fraction of sp³-hybridized carbons (Fsp3) is 0.607. The number of carboxylic acids is 1. The summed E-state index contributed by atoms with van der Waals surface area (Å²) in [6.07, 6.45) is -8.26. The largest absolute Gasteiger partial charge is 0.490 e. The highest BCUT2D eigenvalue weighted by Gasteiger charge is 2.46. The van der Waals surface area contributed by atoms with Gasteiger partial charge in [-0.25, -0.2) is 0 Å². The smallest absolute Gasteiger partial charge is 0.420 e. The van der Waals surface area contributed by atoms with Gasteiger partial charge in [0, 0.05) is 19.6 Å². The molecule has 2 aromatic rings. The average Bonchev–Trinajstić information content (AvgIpc) is 3.26. The highest BCUT2D eigenvalue weighted by atomic mass is 19.4. The Balaban J connectivity index is 1.32. The Hall–Kier alpha value is -2.53. The zero-order valence-electron chi connectivity index (χ0n) is 21.3. The number of nitrogens with zero attached hydrogens (tertiary/aromatic N) is 1. The van der Waals surface area contributed by atoms with Gasteiger partial charge in [-0.05, 0) is 73.4 Å². The lowest BCUT2D eigenvalue weighted by molar-refractivity contribution is -0.185. The predicted octanol–water partition coefficient (Wildman–Crippen LogP) is 6.81. The minimum Gasteiger partial charge on any atom is -0.490 e. The van der Waals surface area contributed by atoms with Crippen LogP contribution in [0.5, 0.6) is 5.75 Å². The van der Waals surface area contributed by atoms with Crippen LogP contribution in [0.1, 0.15) is 56.1 Å². The van der Waals surface area contributed by atoms with Crippen molar-refractivity contribution in [2.24, 2.45) is 11.8 Å². The second-order valence-electron chi connectivity index (χ2n) is 11.1. The molecule has 0 bridgehead atoms. The molecule has 0 amide bonds. The van der Waals surface area contributed by atoms with Crippen molar-refractivity contribution in [3.63, 3.8) is 0 Å². The van der Waals surface area contributed by atoms with E-state index in [-0.39, 0.29) is 36.8 Å². The summed E-state index contributed by atoms with van der Waals surface area (Å²) in [5.41, 5.74) is -0.604. The summed E-state index contributed by atoms with van der Waals surface area (Å²) in [5, 5.41) is 9.73. The molecule has 1 spiro atoms. The van der Waals surface area contributed by atoms with Crippen LogP contribution in [-0.2, 0) is 22.3 Å². The number of fused-ring (bicyclic) bond motifs is 1. The number of aliphatic carboxylic acids is 1. The summed E-state index contributed by atoms with van der Waals surface area (Å²) in [4.78, 5) is 13.6. The van der Waals surface area contributed by atoms with Gasteiger partial charge in [0.2, 0.25) is 0 Å². The molecule has 2 aromatic carbocycles. The Morgan fingerprint density at radius 1 is 1.05 bits per heavy atom. The molecule has 1 saturated heterocycles. The molecule has 11 heteroatoms. The molecule has 5 rings (SSSR count). The zero-order chi connectivity index (χ0) is 28.0. The minimum atomic E-state index is -4.71. The van der Waals surface area contributed by atoms with Crippen LogP contribution < -0.4 is 4.74 Å². The monoisotopic (exact) mass is 559 g/mol. The highest BCUT2D eigenvalue weighted by Crippen LogP contribution is 2.44. The second kappa shape index (κ2) is 10.5. The second-order valence-corrected chi connectivity index (χ2v) is 11.1. The number of hydrogen-bond donors (Lipinski definition) is 1. The zero-order valence-corrected chi connectivity index (χ0v) is 21.3. The van der Waals surface area contributed by atoms with E-state index in [1.165, 1.54) is 12.1 Å². The van der Waals surface area contributed by atoms with E-state index < -0.39 is 47.4 Å². The van der Waals surface area contributed by atoms with Crippen molar-refractivity contribution in [2.75, 3.05) is 19.7 Å². The van der Waals surface area contributed by atoms with E-state index in [2.05, 4.69) is 4.90 Å². The van der Waals surface area contributed by atoms with Crippen molar-refractivity contribution in [3.8, 4) is 5.75 Å². The Morgan fingerprint density at radius 2 is 1.79 bits per heavy atom. The Bertz CT molecular complexity index is 1210. The molecule has 39 heavy (non-hydrogen) atoms. The van der Waals surface area contributed by atoms with Gasteiger partial charge in [-0.15, -0.1) is 0 Å². The van der Waals surface area contributed by atoms with Crippen LogP contribution in [0.4, 0.5) is 26.3 Å². The van der Waals surface area contributed by atoms with Crippen LogP contribution in [0.15, 0.2) is 30.3 Å². The molecule has 0 aromatic heterocycles. The first-order chi connectivity index (χ1) is 18.3. The van der Waals surface area contributed by atoms with Gasteiger partial charge < -0.3 is 14.6 Å². The van der Waals surface area contributed by atoms with Crippen molar-refractivity contribution in [1.29, 1.82) is 0 Å². The number of rotatable bonds is 5. The molecule has 2 atom stereocenters. The first-order valence-electron chi connectivity index (χ1n) is 13.3. The van der Waals surface area contributed by atoms with Crippen molar-refractivity contribution in [2.45, 2.75) is 75.5 Å². The van der Waals surface area contributed by atoms with E-state index in [1.54, 1.807) is 18.2 Å². The van der Waals surface area contributed by atoms with Gasteiger partial charge in [0.25, 0.3) is 0 Å². The Morgan fingerprint density at radius 3 is 2.44 bits per heavy atom. The number of alkyl halides is 6. The van der Waals surface area contributed by atoms with Crippen LogP contribution >= 0.6 is 0 Å². The molecular weight excluding hydrogens is 528 g/mol. The molecule has 1 heterocycles. The molecule has 2 aliphatic carbocycles. The summed E-state index contributed by atoms with van der Waals surface area (Å²) in [7, 11) is 0. The minimum absolute atomic E-state index is 0.0220. The van der Waals surface area contributed by atoms with Crippen LogP contribution in [0, 0.1) is 11.8 Å². The van der Waals surface area contributed by atoms with Gasteiger partial charge >= 0.3 is 18.3 Å². The maximum absolute atomic E-state index is 14.2. The van der Waals surface area contributed by atoms with Gasteiger partial charge in [-0.1, -0.05) is 18.2 Å². The fourth-order valence-corrected chi connectivity index (χ4v) is 6.43. The standard InChI is InChI=1S/C28H31F6NO4/c29-27(30,31)20-3-5-21(6-4-20)39-23-8-2-18-13-17(1-7-22(18)24(23)28(32,33)34)15-35-11-12-38-26(16-35)10-9-19(14-26)25(36)37/h1-2,7-8,13,19-21H,3-6,9-12,14-16H2,(H,36,37). The van der Waals surface area contributed by atoms with E-state index in [1.807, 2.05) is 0 Å². The summed E-state index contributed by atoms with van der Waals surface area (Å²) >= 11 is 0. The van der Waals surface area contributed by atoms with Gasteiger partial charge in [0.15, 0.2) is 0 Å². The third-order valence-corrected chi connectivity index (χ3v) is 8.41. The van der Waals surface area contributed by atoms with E-state index in [0.29, 0.717) is 50.9 Å². The van der Waals surface area contributed by atoms with Gasteiger partial charge in [-0.2, -0.15) is 26.3 Å². The number of morpholine rings is 1. The predicted molar refractivity (Wildman–Crippen MR) is 130 cm³/mol. The van der Waals surface area contributed by atoms with Crippen molar-refractivity contribution in [3.05, 3.63) is 41.5 Å². The van der Waals surface area contributed by atoms with E-state index >= 15 is 0 Å². The third-order valence-electron chi connectivity index (χ3n) is 8.41. The van der Waals surface area contributed by atoms with Crippen molar-refractivity contribution in [1.82, 2.24) is 4.90 Å². The fourth-order valence-electron chi connectivity index (χ4n) is 6.43. The number of ether oxygens (including phenoxy) is 2. The van der Waals surface area contributed by atoms with Crippen molar-refractivity contribution < 1.29 is 45.7 Å². The number of carboxylic acid groups (broad SMARTS) is 1. The first-order valence-corrected chi connectivity index (χ1v) is 13.3. The molecule has 3 aliphatic rings. The Labute approximate surface area is 222 Å². The number of hydrogen-bond acceptors (Lipinski definition) is 4. The normalized spacial score (nSPS) is 28.7. The number of carbonyl (C=O) groups is 1. The lowest BCUT2D eigenvalue weighted by Gasteiger charge is -2.40. The summed E-state index contributed by atoms with van der Waals surface area (Å²) in [6.45, 7) is 2.14. The SMILES string of the molecule is O=C(O)C1CCC2(C1)CN(Cc1ccc3c(C(F)(F)F)c(OC4CCC(C(F)(F)F)CC4)ccc3c1)CCO2. The molecule has 214 valence electrons. The molecule has 5 nitrogen and oxygen atoms in total. The van der Waals surface area contributed by atoms with Crippen LogP contribution in [0.2, 0.25) is 0 Å². The number of halogens is 6. The summed E-state index contributed by atoms with van der Waals surface area (Å²) in [6, 6.07) is 7.60. The van der Waals surface area contributed by atoms with E-state index in [0.717, 1.165) is 5.56 Å². The van der Waals surface area contributed by atoms with Gasteiger partial charge in [0.05, 0.1) is 30.1 Å². The lowest BCUT2D eigenvalue weighted by atomic mass is 9.87. The molecule has 3 fully saturated rings. The third kappa shape index (κ3) is 6.14. The maximum Gasteiger partial charge on any atom is 0.420 e. The Kier molecular flexibility index (Phi) is 7.52. The van der Waals surface area contributed by atoms with Gasteiger partial charge in [0.1, 0.15) is 11.3 Å². The van der Waals surface area contributed by atoms with E-state index in [9.17, 15) is 36.2 Å². The van der Waals surface area contributed by atoms with Gasteiger partial charge in [-0.3, -0.25) is 9.69 Å². The maximum atomic E-state index is 14.2. The summed E-state index contributed by atoms with van der Waals surface area (Å²) in [5.74, 6) is -3.05. The molecule has 0 radical (unpaired) electrons. The molecule has 2 saturated carbocycles. The molecule has 1 N–H and O–H groups in total. The lowest BCUT2D eigenvalue weighted by Crippen LogP contribution is -2.50.